The zero-order valence-electron chi connectivity index (χ0n) is 10.7. The smallest absolute Gasteiger partial charge is 0.133 e. The molecule has 0 aliphatic rings. The molecule has 0 saturated heterocycles. The summed E-state index contributed by atoms with van der Waals surface area (Å²) in [4.78, 5) is 11.8. The summed E-state index contributed by atoms with van der Waals surface area (Å²) < 4.78 is 0. The summed E-state index contributed by atoms with van der Waals surface area (Å²) in [5, 5.41) is 0. The molecule has 1 heteroatoms. The van der Waals surface area contributed by atoms with Crippen molar-refractivity contribution >= 4 is 5.78 Å². The molecule has 2 aromatic carbocycles. The Morgan fingerprint density at radius 2 is 1.33 bits per heavy atom. The van der Waals surface area contributed by atoms with Crippen LogP contribution in [-0.4, -0.2) is 5.78 Å². The molecule has 0 fully saturated rings. The van der Waals surface area contributed by atoms with Gasteiger partial charge in [-0.15, -0.1) is 0 Å². The van der Waals surface area contributed by atoms with Crippen molar-refractivity contribution in [3.63, 3.8) is 0 Å². The Balaban J connectivity index is 2.32. The molecule has 0 radical (unpaired) electrons. The summed E-state index contributed by atoms with van der Waals surface area (Å²) in [7, 11) is 0. The summed E-state index contributed by atoms with van der Waals surface area (Å²) in [6, 6.07) is 20.5. The molecule has 0 aliphatic heterocycles. The van der Waals surface area contributed by atoms with Gasteiger partial charge in [-0.3, -0.25) is 4.79 Å². The van der Waals surface area contributed by atoms with E-state index in [0.29, 0.717) is 18.6 Å². The van der Waals surface area contributed by atoms with Gasteiger partial charge in [0, 0.05) is 18.8 Å². The average molecular weight is 238 g/mol. The van der Waals surface area contributed by atoms with E-state index in [-0.39, 0.29) is 5.92 Å². The van der Waals surface area contributed by atoms with E-state index in [1.807, 2.05) is 43.3 Å². The van der Waals surface area contributed by atoms with Crippen LogP contribution in [0.3, 0.4) is 0 Å². The lowest BCUT2D eigenvalue weighted by molar-refractivity contribution is -0.118. The van der Waals surface area contributed by atoms with Crippen LogP contribution in [0.4, 0.5) is 0 Å². The summed E-state index contributed by atoms with van der Waals surface area (Å²) in [5.74, 6) is 0.493. The van der Waals surface area contributed by atoms with E-state index in [1.54, 1.807) is 0 Å². The van der Waals surface area contributed by atoms with Gasteiger partial charge in [-0.25, -0.2) is 0 Å². The van der Waals surface area contributed by atoms with Gasteiger partial charge in [0.05, 0.1) is 0 Å². The number of ketones is 1. The first-order valence-corrected chi connectivity index (χ1v) is 6.43. The minimum atomic E-state index is 0.180. The molecule has 0 heterocycles. The highest BCUT2D eigenvalue weighted by atomic mass is 16.1. The monoisotopic (exact) mass is 238 g/mol. The highest BCUT2D eigenvalue weighted by molar-refractivity contribution is 5.79. The lowest BCUT2D eigenvalue weighted by Gasteiger charge is -2.17. The van der Waals surface area contributed by atoms with Gasteiger partial charge in [-0.05, 0) is 11.1 Å². The first-order chi connectivity index (χ1) is 8.81. The van der Waals surface area contributed by atoms with E-state index < -0.39 is 0 Å². The van der Waals surface area contributed by atoms with Crippen LogP contribution in [0.15, 0.2) is 60.7 Å². The minimum absolute atomic E-state index is 0.180. The second kappa shape index (κ2) is 6.15. The number of rotatable bonds is 5. The van der Waals surface area contributed by atoms with Gasteiger partial charge < -0.3 is 0 Å². The first-order valence-electron chi connectivity index (χ1n) is 6.43. The predicted molar refractivity (Wildman–Crippen MR) is 74.6 cm³/mol. The SMILES string of the molecule is CCC(=O)CC(c1ccccc1)c1ccccc1. The molecule has 0 aromatic heterocycles. The number of carbonyl (C=O) groups is 1. The fraction of sp³-hybridized carbons (Fsp3) is 0.235. The maximum absolute atomic E-state index is 11.8. The Hall–Kier alpha value is -1.89. The third kappa shape index (κ3) is 3.07. The van der Waals surface area contributed by atoms with Crippen molar-refractivity contribution in [1.82, 2.24) is 0 Å². The number of hydrogen-bond donors (Lipinski definition) is 0. The van der Waals surface area contributed by atoms with Crippen molar-refractivity contribution in [2.75, 3.05) is 0 Å². The zero-order valence-corrected chi connectivity index (χ0v) is 10.7. The van der Waals surface area contributed by atoms with E-state index >= 15 is 0 Å². The predicted octanol–water partition coefficient (Wildman–Crippen LogP) is 4.19. The summed E-state index contributed by atoms with van der Waals surface area (Å²) in [6.07, 6.45) is 1.20. The van der Waals surface area contributed by atoms with Crippen LogP contribution < -0.4 is 0 Å². The Kier molecular flexibility index (Phi) is 4.30. The molecule has 0 atom stereocenters. The van der Waals surface area contributed by atoms with Gasteiger partial charge in [0.2, 0.25) is 0 Å². The zero-order chi connectivity index (χ0) is 12.8. The van der Waals surface area contributed by atoms with Crippen molar-refractivity contribution in [3.8, 4) is 0 Å². The summed E-state index contributed by atoms with van der Waals surface area (Å²) in [6.45, 7) is 1.93. The fourth-order valence-corrected chi connectivity index (χ4v) is 2.17. The van der Waals surface area contributed by atoms with Crippen molar-refractivity contribution in [3.05, 3.63) is 71.8 Å². The molecule has 0 spiro atoms. The summed E-state index contributed by atoms with van der Waals surface area (Å²) in [5.41, 5.74) is 2.43. The third-order valence-corrected chi connectivity index (χ3v) is 3.23. The number of hydrogen-bond acceptors (Lipinski definition) is 1. The van der Waals surface area contributed by atoms with Crippen LogP contribution in [0.1, 0.15) is 36.8 Å². The average Bonchev–Trinajstić information content (AvgIpc) is 2.46. The summed E-state index contributed by atoms with van der Waals surface area (Å²) >= 11 is 0. The molecular formula is C17H18O. The molecule has 0 N–H and O–H groups in total. The van der Waals surface area contributed by atoms with Crippen LogP contribution in [0.2, 0.25) is 0 Å². The Bertz CT molecular complexity index is 448. The topological polar surface area (TPSA) is 17.1 Å². The highest BCUT2D eigenvalue weighted by Crippen LogP contribution is 2.28. The molecule has 18 heavy (non-hydrogen) atoms. The lowest BCUT2D eigenvalue weighted by Crippen LogP contribution is -2.07. The second-order valence-corrected chi connectivity index (χ2v) is 4.47. The van der Waals surface area contributed by atoms with E-state index in [2.05, 4.69) is 24.3 Å². The molecule has 92 valence electrons. The second-order valence-electron chi connectivity index (χ2n) is 4.47. The van der Waals surface area contributed by atoms with E-state index in [1.165, 1.54) is 11.1 Å². The van der Waals surface area contributed by atoms with Crippen LogP contribution in [0.25, 0.3) is 0 Å². The van der Waals surface area contributed by atoms with Gasteiger partial charge in [0.25, 0.3) is 0 Å². The van der Waals surface area contributed by atoms with Gasteiger partial charge in [0.15, 0.2) is 0 Å². The van der Waals surface area contributed by atoms with E-state index in [0.717, 1.165) is 0 Å². The fourth-order valence-electron chi connectivity index (χ4n) is 2.17. The van der Waals surface area contributed by atoms with Crippen molar-refractivity contribution in [1.29, 1.82) is 0 Å². The van der Waals surface area contributed by atoms with Crippen LogP contribution in [0.5, 0.6) is 0 Å². The molecule has 0 unspecified atom stereocenters. The molecule has 1 nitrogen and oxygen atoms in total. The van der Waals surface area contributed by atoms with Crippen LogP contribution in [0, 0.1) is 0 Å². The Morgan fingerprint density at radius 3 is 1.72 bits per heavy atom. The van der Waals surface area contributed by atoms with Gasteiger partial charge in [-0.1, -0.05) is 67.6 Å². The van der Waals surface area contributed by atoms with E-state index in [9.17, 15) is 4.79 Å². The quantitative estimate of drug-likeness (QED) is 0.763. The largest absolute Gasteiger partial charge is 0.300 e. The maximum Gasteiger partial charge on any atom is 0.133 e. The van der Waals surface area contributed by atoms with Crippen LogP contribution in [-0.2, 0) is 4.79 Å². The van der Waals surface area contributed by atoms with Crippen molar-refractivity contribution in [2.24, 2.45) is 0 Å². The minimum Gasteiger partial charge on any atom is -0.300 e. The number of benzene rings is 2. The lowest BCUT2D eigenvalue weighted by atomic mass is 9.87. The molecule has 0 amide bonds. The van der Waals surface area contributed by atoms with Gasteiger partial charge in [-0.2, -0.15) is 0 Å². The van der Waals surface area contributed by atoms with Gasteiger partial charge >= 0.3 is 0 Å². The molecule has 2 rings (SSSR count). The van der Waals surface area contributed by atoms with E-state index in [4.69, 9.17) is 0 Å². The number of carbonyl (C=O) groups excluding carboxylic acids is 1. The first kappa shape index (κ1) is 12.6. The van der Waals surface area contributed by atoms with Crippen molar-refractivity contribution < 1.29 is 4.79 Å². The molecule has 0 bridgehead atoms. The van der Waals surface area contributed by atoms with Crippen molar-refractivity contribution in [2.45, 2.75) is 25.7 Å². The Labute approximate surface area is 108 Å². The molecule has 0 aliphatic carbocycles. The standard InChI is InChI=1S/C17H18O/c1-2-16(18)13-17(14-9-5-3-6-10-14)15-11-7-4-8-12-15/h3-12,17H,2,13H2,1H3. The third-order valence-electron chi connectivity index (χ3n) is 3.23. The molecular weight excluding hydrogens is 220 g/mol. The number of Topliss-reactive ketones (excluding diaryl/α,β-unsaturated/α-hetero) is 1. The molecule has 2 aromatic rings. The Morgan fingerprint density at radius 1 is 0.889 bits per heavy atom. The highest BCUT2D eigenvalue weighted by Gasteiger charge is 2.16. The van der Waals surface area contributed by atoms with Crippen LogP contribution >= 0.6 is 0 Å². The van der Waals surface area contributed by atoms with Gasteiger partial charge in [0.1, 0.15) is 5.78 Å². The molecule has 0 saturated carbocycles. The maximum atomic E-state index is 11.8. The normalized spacial score (nSPS) is 10.6.